The first-order chi connectivity index (χ1) is 10.6. The predicted octanol–water partition coefficient (Wildman–Crippen LogP) is 2.71. The molecule has 2 aromatic heterocycles. The van der Waals surface area contributed by atoms with Gasteiger partial charge in [-0.15, -0.1) is 0 Å². The summed E-state index contributed by atoms with van der Waals surface area (Å²) in [5.74, 6) is -0.191. The molecule has 3 aromatic rings. The maximum absolute atomic E-state index is 12.8. The third kappa shape index (κ3) is 2.93. The molecule has 1 aromatic carbocycles. The molecule has 22 heavy (non-hydrogen) atoms. The molecular formula is C15H11FN4O2. The largest absolute Gasteiger partial charge is 0.444 e. The summed E-state index contributed by atoms with van der Waals surface area (Å²) in [5, 5.41) is 2.60. The van der Waals surface area contributed by atoms with E-state index in [9.17, 15) is 9.18 Å². The molecule has 0 unspecified atom stereocenters. The van der Waals surface area contributed by atoms with Gasteiger partial charge in [-0.05, 0) is 36.4 Å². The number of benzene rings is 1. The molecule has 2 heterocycles. The van der Waals surface area contributed by atoms with Gasteiger partial charge >= 0.3 is 0 Å². The molecule has 0 fully saturated rings. The van der Waals surface area contributed by atoms with Gasteiger partial charge in [-0.2, -0.15) is 0 Å². The van der Waals surface area contributed by atoms with Crippen LogP contribution in [0.25, 0.3) is 11.5 Å². The van der Waals surface area contributed by atoms with Crippen LogP contribution in [0.4, 0.5) is 15.9 Å². The maximum Gasteiger partial charge on any atom is 0.277 e. The number of hydrogen-bond donors (Lipinski definition) is 2. The van der Waals surface area contributed by atoms with Crippen molar-refractivity contribution in [2.24, 2.45) is 0 Å². The third-order valence-electron chi connectivity index (χ3n) is 2.87. The van der Waals surface area contributed by atoms with Gasteiger partial charge in [0.05, 0.1) is 5.56 Å². The molecule has 3 rings (SSSR count). The second-order valence-electron chi connectivity index (χ2n) is 4.47. The van der Waals surface area contributed by atoms with Gasteiger partial charge in [-0.3, -0.25) is 4.79 Å². The van der Waals surface area contributed by atoms with E-state index in [1.165, 1.54) is 36.7 Å². The molecule has 0 bridgehead atoms. The summed E-state index contributed by atoms with van der Waals surface area (Å²) in [4.78, 5) is 20.1. The Morgan fingerprint density at radius 2 is 1.95 bits per heavy atom. The first-order valence-electron chi connectivity index (χ1n) is 6.36. The lowest BCUT2D eigenvalue weighted by atomic mass is 10.3. The zero-order chi connectivity index (χ0) is 15.5. The highest BCUT2D eigenvalue weighted by atomic mass is 19.1. The summed E-state index contributed by atoms with van der Waals surface area (Å²) < 4.78 is 18.1. The predicted molar refractivity (Wildman–Crippen MR) is 78.5 cm³/mol. The van der Waals surface area contributed by atoms with Gasteiger partial charge < -0.3 is 15.5 Å². The smallest absolute Gasteiger partial charge is 0.277 e. The first kappa shape index (κ1) is 13.7. The molecule has 7 heteroatoms. The molecule has 0 saturated carbocycles. The Morgan fingerprint density at radius 1 is 1.18 bits per heavy atom. The van der Waals surface area contributed by atoms with Crippen LogP contribution in [0, 0.1) is 5.82 Å². The summed E-state index contributed by atoms with van der Waals surface area (Å²) >= 11 is 0. The number of carbonyl (C=O) groups is 1. The quantitative estimate of drug-likeness (QED) is 0.775. The third-order valence-corrected chi connectivity index (χ3v) is 2.87. The molecular weight excluding hydrogens is 287 g/mol. The van der Waals surface area contributed by atoms with Gasteiger partial charge in [0.1, 0.15) is 17.9 Å². The van der Waals surface area contributed by atoms with Crippen LogP contribution in [0.5, 0.6) is 0 Å². The monoisotopic (exact) mass is 298 g/mol. The SMILES string of the molecule is Nc1ccc(-c2nc(C(=O)Nc3ccc(F)cc3)co2)cn1. The Hall–Kier alpha value is -3.22. The van der Waals surface area contributed by atoms with Crippen LogP contribution in [0.2, 0.25) is 0 Å². The van der Waals surface area contributed by atoms with Crippen molar-refractivity contribution in [1.82, 2.24) is 9.97 Å². The molecule has 0 spiro atoms. The minimum absolute atomic E-state index is 0.108. The van der Waals surface area contributed by atoms with Crippen LogP contribution < -0.4 is 11.1 Å². The lowest BCUT2D eigenvalue weighted by Gasteiger charge is -2.01. The number of nitrogens with one attached hydrogen (secondary N) is 1. The fourth-order valence-corrected chi connectivity index (χ4v) is 1.77. The number of oxazole rings is 1. The van der Waals surface area contributed by atoms with E-state index < -0.39 is 5.91 Å². The maximum atomic E-state index is 12.8. The van der Waals surface area contributed by atoms with E-state index in [0.29, 0.717) is 17.1 Å². The van der Waals surface area contributed by atoms with Crippen molar-refractivity contribution in [1.29, 1.82) is 0 Å². The normalized spacial score (nSPS) is 10.4. The summed E-state index contributed by atoms with van der Waals surface area (Å²) in [6.45, 7) is 0. The van der Waals surface area contributed by atoms with E-state index in [-0.39, 0.29) is 17.4 Å². The number of anilines is 2. The van der Waals surface area contributed by atoms with Crippen molar-refractivity contribution in [2.45, 2.75) is 0 Å². The minimum Gasteiger partial charge on any atom is -0.444 e. The Bertz CT molecular complexity index is 797. The minimum atomic E-state index is -0.454. The number of aromatic nitrogens is 2. The fraction of sp³-hybridized carbons (Fsp3) is 0. The van der Waals surface area contributed by atoms with E-state index in [4.69, 9.17) is 10.2 Å². The molecule has 0 aliphatic rings. The highest BCUT2D eigenvalue weighted by Gasteiger charge is 2.14. The van der Waals surface area contributed by atoms with E-state index in [1.54, 1.807) is 12.1 Å². The van der Waals surface area contributed by atoms with Crippen molar-refractivity contribution in [3.8, 4) is 11.5 Å². The van der Waals surface area contributed by atoms with E-state index >= 15 is 0 Å². The molecule has 0 radical (unpaired) electrons. The van der Waals surface area contributed by atoms with Crippen LogP contribution in [-0.2, 0) is 0 Å². The molecule has 110 valence electrons. The Morgan fingerprint density at radius 3 is 2.64 bits per heavy atom. The molecule has 1 amide bonds. The second-order valence-corrected chi connectivity index (χ2v) is 4.47. The van der Waals surface area contributed by atoms with Crippen molar-refractivity contribution in [3.05, 3.63) is 60.4 Å². The van der Waals surface area contributed by atoms with E-state index in [1.807, 2.05) is 0 Å². The number of carbonyl (C=O) groups excluding carboxylic acids is 1. The van der Waals surface area contributed by atoms with Crippen molar-refractivity contribution < 1.29 is 13.6 Å². The Balaban J connectivity index is 1.76. The number of nitrogens with zero attached hydrogens (tertiary/aromatic N) is 2. The Labute approximate surface area is 124 Å². The molecule has 0 aliphatic carbocycles. The number of rotatable bonds is 3. The molecule has 6 nitrogen and oxygen atoms in total. The molecule has 3 N–H and O–H groups in total. The van der Waals surface area contributed by atoms with Crippen molar-refractivity contribution in [3.63, 3.8) is 0 Å². The lowest BCUT2D eigenvalue weighted by Crippen LogP contribution is -2.12. The molecule has 0 saturated heterocycles. The highest BCUT2D eigenvalue weighted by Crippen LogP contribution is 2.19. The second kappa shape index (κ2) is 5.65. The molecule has 0 atom stereocenters. The number of halogens is 1. The summed E-state index contributed by atoms with van der Waals surface area (Å²) in [5.41, 5.74) is 6.68. The standard InChI is InChI=1S/C15H11FN4O2/c16-10-2-4-11(5-3-10)19-14(21)12-8-22-15(20-12)9-1-6-13(17)18-7-9/h1-8H,(H2,17,18)(H,19,21). The van der Waals surface area contributed by atoms with Gasteiger partial charge in [-0.25, -0.2) is 14.4 Å². The van der Waals surface area contributed by atoms with Crippen LogP contribution in [0.1, 0.15) is 10.5 Å². The van der Waals surface area contributed by atoms with Crippen molar-refractivity contribution >= 4 is 17.4 Å². The number of amides is 1. The van der Waals surface area contributed by atoms with Crippen LogP contribution in [0.3, 0.4) is 0 Å². The number of hydrogen-bond acceptors (Lipinski definition) is 5. The zero-order valence-electron chi connectivity index (χ0n) is 11.3. The number of nitrogen functional groups attached to an aromatic ring is 1. The van der Waals surface area contributed by atoms with Gasteiger partial charge in [-0.1, -0.05) is 0 Å². The van der Waals surface area contributed by atoms with Crippen LogP contribution in [0.15, 0.2) is 53.3 Å². The summed E-state index contributed by atoms with van der Waals surface area (Å²) in [6, 6.07) is 8.72. The topological polar surface area (TPSA) is 94.0 Å². The van der Waals surface area contributed by atoms with Gasteiger partial charge in [0.2, 0.25) is 5.89 Å². The van der Waals surface area contributed by atoms with E-state index in [0.717, 1.165) is 0 Å². The first-order valence-corrected chi connectivity index (χ1v) is 6.36. The lowest BCUT2D eigenvalue weighted by molar-refractivity contribution is 0.102. The van der Waals surface area contributed by atoms with Crippen molar-refractivity contribution in [2.75, 3.05) is 11.1 Å². The van der Waals surface area contributed by atoms with Crippen LogP contribution in [-0.4, -0.2) is 15.9 Å². The van der Waals surface area contributed by atoms with Gasteiger partial charge in [0, 0.05) is 11.9 Å². The summed E-state index contributed by atoms with van der Waals surface area (Å²) in [6.07, 6.45) is 2.74. The zero-order valence-corrected chi connectivity index (χ0v) is 11.3. The Kier molecular flexibility index (Phi) is 3.53. The highest BCUT2D eigenvalue weighted by molar-refractivity contribution is 6.02. The van der Waals surface area contributed by atoms with Crippen LogP contribution >= 0.6 is 0 Å². The number of nitrogens with two attached hydrogens (primary N) is 1. The molecule has 0 aliphatic heterocycles. The average molecular weight is 298 g/mol. The van der Waals surface area contributed by atoms with Gasteiger partial charge in [0.15, 0.2) is 5.69 Å². The van der Waals surface area contributed by atoms with Gasteiger partial charge in [0.25, 0.3) is 5.91 Å². The summed E-state index contributed by atoms with van der Waals surface area (Å²) in [7, 11) is 0. The number of pyridine rings is 1. The fourth-order valence-electron chi connectivity index (χ4n) is 1.77. The average Bonchev–Trinajstić information content (AvgIpc) is 3.00. The van der Waals surface area contributed by atoms with E-state index in [2.05, 4.69) is 15.3 Å².